The first-order chi connectivity index (χ1) is 9.90. The molecule has 1 aromatic carbocycles. The Labute approximate surface area is 123 Å². The molecular weight excluding hydrogens is 283 g/mol. The van der Waals surface area contributed by atoms with Crippen LogP contribution in [0.4, 0.5) is 13.2 Å². The van der Waals surface area contributed by atoms with Gasteiger partial charge in [-0.15, -0.1) is 0 Å². The summed E-state index contributed by atoms with van der Waals surface area (Å²) in [6, 6.07) is 7.59. The summed E-state index contributed by atoms with van der Waals surface area (Å²) >= 11 is 0. The Balaban J connectivity index is 2.14. The molecule has 0 amide bonds. The van der Waals surface area contributed by atoms with Crippen LogP contribution in [0.1, 0.15) is 25.3 Å². The van der Waals surface area contributed by atoms with Gasteiger partial charge in [0.25, 0.3) is 0 Å². The predicted octanol–water partition coefficient (Wildman–Crippen LogP) is 2.92. The lowest BCUT2D eigenvalue weighted by Gasteiger charge is -2.14. The van der Waals surface area contributed by atoms with Crippen LogP contribution in [0, 0.1) is 0 Å². The van der Waals surface area contributed by atoms with E-state index in [0.717, 1.165) is 12.0 Å². The number of halogens is 3. The van der Waals surface area contributed by atoms with Crippen molar-refractivity contribution < 1.29 is 23.0 Å². The number of ether oxygens (including phenoxy) is 1. The van der Waals surface area contributed by atoms with Crippen molar-refractivity contribution in [1.29, 1.82) is 0 Å². The molecule has 0 spiro atoms. The van der Waals surface area contributed by atoms with Crippen LogP contribution in [-0.4, -0.2) is 37.1 Å². The van der Waals surface area contributed by atoms with Gasteiger partial charge in [0.2, 0.25) is 0 Å². The minimum atomic E-state index is -4.12. The van der Waals surface area contributed by atoms with Gasteiger partial charge in [-0.2, -0.15) is 13.2 Å². The highest BCUT2D eigenvalue weighted by Crippen LogP contribution is 2.20. The van der Waals surface area contributed by atoms with Crippen LogP contribution in [0.25, 0.3) is 0 Å². The first-order valence-corrected chi connectivity index (χ1v) is 7.08. The SMILES string of the molecule is CCc1cccc(OCC(O)CNCCCC(F)(F)F)c1. The minimum absolute atomic E-state index is 0.00955. The van der Waals surface area contributed by atoms with Gasteiger partial charge in [0.05, 0.1) is 0 Å². The average Bonchev–Trinajstić information content (AvgIpc) is 2.44. The molecule has 0 heterocycles. The standard InChI is InChI=1S/C15H22F3NO2/c1-2-12-5-3-6-14(9-12)21-11-13(20)10-19-8-4-7-15(16,17)18/h3,5-6,9,13,19-20H,2,4,7-8,10-11H2,1H3. The Kier molecular flexibility index (Phi) is 7.53. The van der Waals surface area contributed by atoms with Crippen molar-refractivity contribution in [3.05, 3.63) is 29.8 Å². The maximum absolute atomic E-state index is 11.9. The molecule has 1 aromatic rings. The van der Waals surface area contributed by atoms with Gasteiger partial charge >= 0.3 is 6.18 Å². The molecule has 0 bridgehead atoms. The molecule has 0 fully saturated rings. The number of aliphatic hydroxyl groups is 1. The van der Waals surface area contributed by atoms with Gasteiger partial charge in [0.1, 0.15) is 18.5 Å². The number of aliphatic hydroxyl groups excluding tert-OH is 1. The van der Waals surface area contributed by atoms with Crippen molar-refractivity contribution in [3.8, 4) is 5.75 Å². The predicted molar refractivity (Wildman–Crippen MR) is 75.5 cm³/mol. The van der Waals surface area contributed by atoms with E-state index in [9.17, 15) is 18.3 Å². The van der Waals surface area contributed by atoms with Crippen LogP contribution in [0.15, 0.2) is 24.3 Å². The molecule has 1 rings (SSSR count). The van der Waals surface area contributed by atoms with Crippen molar-refractivity contribution in [3.63, 3.8) is 0 Å². The van der Waals surface area contributed by atoms with Crippen molar-refractivity contribution in [1.82, 2.24) is 5.32 Å². The summed E-state index contributed by atoms with van der Waals surface area (Å²) in [6.07, 6.45) is -4.76. The van der Waals surface area contributed by atoms with E-state index in [0.29, 0.717) is 5.75 Å². The Morgan fingerprint density at radius 3 is 2.76 bits per heavy atom. The van der Waals surface area contributed by atoms with Gasteiger partial charge in [-0.1, -0.05) is 19.1 Å². The molecule has 2 N–H and O–H groups in total. The van der Waals surface area contributed by atoms with Crippen molar-refractivity contribution in [2.24, 2.45) is 0 Å². The molecule has 0 aromatic heterocycles. The molecule has 0 aliphatic heterocycles. The highest BCUT2D eigenvalue weighted by molar-refractivity contribution is 5.28. The Hall–Kier alpha value is -1.27. The van der Waals surface area contributed by atoms with Crippen LogP contribution >= 0.6 is 0 Å². The van der Waals surface area contributed by atoms with Crippen LogP contribution in [-0.2, 0) is 6.42 Å². The van der Waals surface area contributed by atoms with E-state index in [4.69, 9.17) is 4.74 Å². The normalized spacial score (nSPS) is 13.2. The first-order valence-electron chi connectivity index (χ1n) is 7.08. The zero-order valence-electron chi connectivity index (χ0n) is 12.1. The quantitative estimate of drug-likeness (QED) is 0.689. The largest absolute Gasteiger partial charge is 0.491 e. The monoisotopic (exact) mass is 305 g/mol. The van der Waals surface area contributed by atoms with Gasteiger partial charge in [-0.05, 0) is 37.1 Å². The van der Waals surface area contributed by atoms with Gasteiger partial charge in [0, 0.05) is 13.0 Å². The number of hydrogen-bond acceptors (Lipinski definition) is 3. The lowest BCUT2D eigenvalue weighted by Crippen LogP contribution is -2.32. The molecule has 1 unspecified atom stereocenters. The summed E-state index contributed by atoms with van der Waals surface area (Å²) in [7, 11) is 0. The molecule has 0 radical (unpaired) electrons. The maximum atomic E-state index is 11.9. The number of aryl methyl sites for hydroxylation is 1. The van der Waals surface area contributed by atoms with E-state index in [1.54, 1.807) is 0 Å². The molecule has 0 saturated heterocycles. The third kappa shape index (κ3) is 8.57. The number of nitrogens with one attached hydrogen (secondary N) is 1. The Bertz CT molecular complexity index is 410. The summed E-state index contributed by atoms with van der Waals surface area (Å²) in [4.78, 5) is 0. The summed E-state index contributed by atoms with van der Waals surface area (Å²) < 4.78 is 41.2. The minimum Gasteiger partial charge on any atom is -0.491 e. The van der Waals surface area contributed by atoms with E-state index in [1.807, 2.05) is 31.2 Å². The van der Waals surface area contributed by atoms with Crippen LogP contribution in [0.3, 0.4) is 0 Å². The lowest BCUT2D eigenvalue weighted by atomic mass is 10.2. The molecule has 120 valence electrons. The fraction of sp³-hybridized carbons (Fsp3) is 0.600. The number of alkyl halides is 3. The average molecular weight is 305 g/mol. The molecular formula is C15H22F3NO2. The molecule has 0 aliphatic rings. The van der Waals surface area contributed by atoms with E-state index >= 15 is 0 Å². The third-order valence-electron chi connectivity index (χ3n) is 2.94. The van der Waals surface area contributed by atoms with E-state index < -0.39 is 18.7 Å². The smallest absolute Gasteiger partial charge is 0.389 e. The number of benzene rings is 1. The zero-order chi connectivity index (χ0) is 15.7. The number of hydrogen-bond donors (Lipinski definition) is 2. The highest BCUT2D eigenvalue weighted by atomic mass is 19.4. The van der Waals surface area contributed by atoms with Crippen LogP contribution in [0.2, 0.25) is 0 Å². The molecule has 1 atom stereocenters. The van der Waals surface area contributed by atoms with E-state index in [2.05, 4.69) is 5.32 Å². The second-order valence-electron chi connectivity index (χ2n) is 4.89. The lowest BCUT2D eigenvalue weighted by molar-refractivity contribution is -0.135. The van der Waals surface area contributed by atoms with Crippen LogP contribution < -0.4 is 10.1 Å². The Morgan fingerprint density at radius 2 is 2.10 bits per heavy atom. The van der Waals surface area contributed by atoms with Crippen molar-refractivity contribution in [2.75, 3.05) is 19.7 Å². The molecule has 6 heteroatoms. The van der Waals surface area contributed by atoms with E-state index in [-0.39, 0.29) is 26.1 Å². The molecule has 21 heavy (non-hydrogen) atoms. The second kappa shape index (κ2) is 8.89. The summed E-state index contributed by atoms with van der Waals surface area (Å²) in [6.45, 7) is 2.59. The van der Waals surface area contributed by atoms with Gasteiger partial charge in [0.15, 0.2) is 0 Å². The zero-order valence-corrected chi connectivity index (χ0v) is 12.1. The first kappa shape index (κ1) is 17.8. The van der Waals surface area contributed by atoms with Crippen LogP contribution in [0.5, 0.6) is 5.75 Å². The summed E-state index contributed by atoms with van der Waals surface area (Å²) in [5.41, 5.74) is 1.15. The fourth-order valence-electron chi connectivity index (χ4n) is 1.79. The number of rotatable bonds is 9. The summed E-state index contributed by atoms with van der Waals surface area (Å²) in [5.74, 6) is 0.686. The van der Waals surface area contributed by atoms with Gasteiger partial charge in [-0.3, -0.25) is 0 Å². The fourth-order valence-corrected chi connectivity index (χ4v) is 1.79. The summed E-state index contributed by atoms with van der Waals surface area (Å²) in [5, 5.41) is 12.5. The van der Waals surface area contributed by atoms with Gasteiger partial charge < -0.3 is 15.2 Å². The highest BCUT2D eigenvalue weighted by Gasteiger charge is 2.25. The van der Waals surface area contributed by atoms with E-state index in [1.165, 1.54) is 0 Å². The topological polar surface area (TPSA) is 41.5 Å². The molecule has 3 nitrogen and oxygen atoms in total. The van der Waals surface area contributed by atoms with Crippen molar-refractivity contribution >= 4 is 0 Å². The molecule has 0 aliphatic carbocycles. The second-order valence-corrected chi connectivity index (χ2v) is 4.89. The molecule has 0 saturated carbocycles. The Morgan fingerprint density at radius 1 is 1.33 bits per heavy atom. The van der Waals surface area contributed by atoms with Gasteiger partial charge in [-0.25, -0.2) is 0 Å². The third-order valence-corrected chi connectivity index (χ3v) is 2.94. The van der Waals surface area contributed by atoms with Crippen molar-refractivity contribution in [2.45, 2.75) is 38.5 Å². The maximum Gasteiger partial charge on any atom is 0.389 e.